The van der Waals surface area contributed by atoms with Crippen molar-refractivity contribution in [3.8, 4) is 0 Å². The van der Waals surface area contributed by atoms with Crippen LogP contribution in [0.3, 0.4) is 0 Å². The molecule has 0 radical (unpaired) electrons. The summed E-state index contributed by atoms with van der Waals surface area (Å²) in [6, 6.07) is 10.6. The average molecular weight is 498 g/mol. The summed E-state index contributed by atoms with van der Waals surface area (Å²) in [4.78, 5) is 37.4. The molecule has 0 saturated heterocycles. The maximum absolute atomic E-state index is 13.0. The third-order valence-electron chi connectivity index (χ3n) is 4.71. The molecule has 0 fully saturated rings. The Balaban J connectivity index is 2.08. The fraction of sp³-hybridized carbons (Fsp3) is 0.364. The van der Waals surface area contributed by atoms with Gasteiger partial charge in [-0.2, -0.15) is 0 Å². The molecule has 1 N–H and O–H groups in total. The van der Waals surface area contributed by atoms with Crippen molar-refractivity contribution in [2.24, 2.45) is 0 Å². The average Bonchev–Trinajstić information content (AvgIpc) is 2.76. The molecule has 32 heavy (non-hydrogen) atoms. The Morgan fingerprint density at radius 2 is 1.88 bits per heavy atom. The van der Waals surface area contributed by atoms with Crippen LogP contribution in [0.4, 0.5) is 5.69 Å². The predicted molar refractivity (Wildman–Crippen MR) is 129 cm³/mol. The number of thioether (sulfide) groups is 1. The summed E-state index contributed by atoms with van der Waals surface area (Å²) in [5.74, 6) is 0.219. The summed E-state index contributed by atoms with van der Waals surface area (Å²) < 4.78 is 0. The van der Waals surface area contributed by atoms with Crippen LogP contribution in [-0.4, -0.2) is 40.0 Å². The molecule has 0 aliphatic rings. The number of hydrogen-bond donors (Lipinski definition) is 1. The van der Waals surface area contributed by atoms with Crippen molar-refractivity contribution < 1.29 is 14.5 Å². The molecule has 0 aliphatic carbocycles. The molecule has 2 rings (SSSR count). The smallest absolute Gasteiger partial charge is 0.269 e. The molecule has 7 nitrogen and oxygen atoms in total. The lowest BCUT2D eigenvalue weighted by molar-refractivity contribution is -0.384. The minimum Gasteiger partial charge on any atom is -0.354 e. The number of benzene rings is 2. The van der Waals surface area contributed by atoms with Crippen LogP contribution >= 0.6 is 35.0 Å². The number of carbonyl (C=O) groups is 2. The number of nitro groups is 1. The van der Waals surface area contributed by atoms with Gasteiger partial charge in [0.2, 0.25) is 11.8 Å². The SMILES string of the molecule is CCCNC(=O)[C@H](C)N(Cc1ccc(Cl)cc1Cl)C(=O)CSCc1ccc([N+](=O)[O-])cc1. The van der Waals surface area contributed by atoms with Crippen molar-refractivity contribution >= 4 is 52.5 Å². The Morgan fingerprint density at radius 3 is 2.47 bits per heavy atom. The van der Waals surface area contributed by atoms with Gasteiger partial charge in [0.15, 0.2) is 0 Å². The molecule has 2 amide bonds. The highest BCUT2D eigenvalue weighted by molar-refractivity contribution is 7.99. The summed E-state index contributed by atoms with van der Waals surface area (Å²) in [5, 5.41) is 14.5. The number of non-ortho nitro benzene ring substituents is 1. The lowest BCUT2D eigenvalue weighted by Crippen LogP contribution is -2.48. The van der Waals surface area contributed by atoms with Gasteiger partial charge in [-0.05, 0) is 36.6 Å². The van der Waals surface area contributed by atoms with Crippen molar-refractivity contribution in [2.75, 3.05) is 12.3 Å². The first-order chi connectivity index (χ1) is 15.2. The van der Waals surface area contributed by atoms with Crippen molar-refractivity contribution in [2.45, 2.75) is 38.6 Å². The zero-order chi connectivity index (χ0) is 23.7. The van der Waals surface area contributed by atoms with Gasteiger partial charge in [-0.25, -0.2) is 0 Å². The Kier molecular flexibility index (Phi) is 10.3. The van der Waals surface area contributed by atoms with Gasteiger partial charge in [-0.1, -0.05) is 48.3 Å². The Hall–Kier alpha value is -2.29. The van der Waals surface area contributed by atoms with E-state index in [0.29, 0.717) is 27.9 Å². The quantitative estimate of drug-likeness (QED) is 0.345. The number of nitrogens with one attached hydrogen (secondary N) is 1. The molecular weight excluding hydrogens is 473 g/mol. The zero-order valence-electron chi connectivity index (χ0n) is 17.8. The van der Waals surface area contributed by atoms with E-state index in [1.54, 1.807) is 37.3 Å². The predicted octanol–water partition coefficient (Wildman–Crippen LogP) is 5.08. The number of carbonyl (C=O) groups excluding carboxylic acids is 2. The summed E-state index contributed by atoms with van der Waals surface area (Å²) in [6.45, 7) is 4.35. The Morgan fingerprint density at radius 1 is 1.19 bits per heavy atom. The van der Waals surface area contributed by atoms with Crippen LogP contribution in [-0.2, 0) is 21.9 Å². The van der Waals surface area contributed by atoms with Crippen molar-refractivity contribution in [1.82, 2.24) is 10.2 Å². The lowest BCUT2D eigenvalue weighted by Gasteiger charge is -2.29. The molecule has 0 aliphatic heterocycles. The van der Waals surface area contributed by atoms with Crippen molar-refractivity contribution in [1.29, 1.82) is 0 Å². The molecule has 1 atom stereocenters. The van der Waals surface area contributed by atoms with Gasteiger partial charge in [0.1, 0.15) is 6.04 Å². The fourth-order valence-electron chi connectivity index (χ4n) is 2.86. The number of nitrogens with zero attached hydrogens (tertiary/aromatic N) is 2. The first kappa shape index (κ1) is 26.0. The van der Waals surface area contributed by atoms with E-state index in [1.165, 1.54) is 28.8 Å². The number of halogens is 2. The van der Waals surface area contributed by atoms with Gasteiger partial charge in [-0.15, -0.1) is 11.8 Å². The molecule has 10 heteroatoms. The van der Waals surface area contributed by atoms with E-state index in [4.69, 9.17) is 23.2 Å². The fourth-order valence-corrected chi connectivity index (χ4v) is 4.20. The van der Waals surface area contributed by atoms with E-state index in [2.05, 4.69) is 5.32 Å². The van der Waals surface area contributed by atoms with Gasteiger partial charge >= 0.3 is 0 Å². The Bertz CT molecular complexity index is 957. The number of hydrogen-bond acceptors (Lipinski definition) is 5. The summed E-state index contributed by atoms with van der Waals surface area (Å²) in [6.07, 6.45) is 0.792. The molecule has 0 heterocycles. The van der Waals surface area contributed by atoms with Gasteiger partial charge < -0.3 is 10.2 Å². The number of amides is 2. The third kappa shape index (κ3) is 7.69. The molecule has 0 bridgehead atoms. The minimum atomic E-state index is -0.680. The normalized spacial score (nSPS) is 11.6. The van der Waals surface area contributed by atoms with Crippen molar-refractivity contribution in [3.63, 3.8) is 0 Å². The molecule has 172 valence electrons. The molecule has 2 aromatic rings. The second-order valence-corrected chi connectivity index (χ2v) is 8.97. The van der Waals surface area contributed by atoms with Gasteiger partial charge in [-0.3, -0.25) is 19.7 Å². The van der Waals surface area contributed by atoms with E-state index in [1.807, 2.05) is 6.92 Å². The van der Waals surface area contributed by atoms with Crippen LogP contribution < -0.4 is 5.32 Å². The molecule has 0 aromatic heterocycles. The molecular formula is C22H25Cl2N3O4S. The van der Waals surface area contributed by atoms with Gasteiger partial charge in [0.25, 0.3) is 5.69 Å². The maximum Gasteiger partial charge on any atom is 0.269 e. The Labute approximate surface area is 201 Å². The molecule has 0 unspecified atom stereocenters. The van der Waals surface area contributed by atoms with E-state index in [9.17, 15) is 19.7 Å². The van der Waals surface area contributed by atoms with Gasteiger partial charge in [0.05, 0.1) is 10.7 Å². The van der Waals surface area contributed by atoms with Crippen molar-refractivity contribution in [3.05, 3.63) is 73.8 Å². The van der Waals surface area contributed by atoms with Crippen LogP contribution in [0, 0.1) is 10.1 Å². The van der Waals surface area contributed by atoms with E-state index in [-0.39, 0.29) is 29.8 Å². The summed E-state index contributed by atoms with van der Waals surface area (Å²) in [5.41, 5.74) is 1.59. The van der Waals surface area contributed by atoms with Crippen LogP contribution in [0.1, 0.15) is 31.4 Å². The second-order valence-electron chi connectivity index (χ2n) is 7.14. The second kappa shape index (κ2) is 12.7. The maximum atomic E-state index is 13.0. The lowest BCUT2D eigenvalue weighted by atomic mass is 10.1. The first-order valence-electron chi connectivity index (χ1n) is 10.0. The van der Waals surface area contributed by atoms with Crippen LogP contribution in [0.15, 0.2) is 42.5 Å². The monoisotopic (exact) mass is 497 g/mol. The van der Waals surface area contributed by atoms with Crippen LogP contribution in [0.5, 0.6) is 0 Å². The third-order valence-corrected chi connectivity index (χ3v) is 6.29. The standard InChI is InChI=1S/C22H25Cl2N3O4S/c1-3-10-25-22(29)15(2)26(12-17-6-7-18(23)11-20(17)24)21(28)14-32-13-16-4-8-19(9-5-16)27(30)31/h4-9,11,15H,3,10,12-14H2,1-2H3,(H,25,29)/t15-/m0/s1. The van der Waals surface area contributed by atoms with Crippen LogP contribution in [0.25, 0.3) is 0 Å². The topological polar surface area (TPSA) is 92.6 Å². The number of rotatable bonds is 11. The van der Waals surface area contributed by atoms with E-state index < -0.39 is 11.0 Å². The highest BCUT2D eigenvalue weighted by Crippen LogP contribution is 2.24. The first-order valence-corrected chi connectivity index (χ1v) is 12.0. The molecule has 2 aromatic carbocycles. The van der Waals surface area contributed by atoms with E-state index >= 15 is 0 Å². The summed E-state index contributed by atoms with van der Waals surface area (Å²) >= 11 is 13.6. The largest absolute Gasteiger partial charge is 0.354 e. The molecule has 0 saturated carbocycles. The zero-order valence-corrected chi connectivity index (χ0v) is 20.2. The van der Waals surface area contributed by atoms with Gasteiger partial charge in [0, 0.05) is 41.0 Å². The highest BCUT2D eigenvalue weighted by Gasteiger charge is 2.26. The summed E-state index contributed by atoms with van der Waals surface area (Å²) in [7, 11) is 0. The molecule has 0 spiro atoms. The number of nitro benzene ring substituents is 1. The minimum absolute atomic E-state index is 0.0211. The van der Waals surface area contributed by atoms with Crippen LogP contribution in [0.2, 0.25) is 10.0 Å². The van der Waals surface area contributed by atoms with E-state index in [0.717, 1.165) is 12.0 Å². The highest BCUT2D eigenvalue weighted by atomic mass is 35.5.